The van der Waals surface area contributed by atoms with Gasteiger partial charge in [-0.05, 0) is 25.5 Å². The Morgan fingerprint density at radius 3 is 2.74 bits per heavy atom. The lowest BCUT2D eigenvalue weighted by atomic mass is 10.2. The van der Waals surface area contributed by atoms with Crippen LogP contribution in [-0.2, 0) is 17.1 Å². The zero-order chi connectivity index (χ0) is 16.9. The molecule has 0 aliphatic heterocycles. The summed E-state index contributed by atoms with van der Waals surface area (Å²) >= 11 is 1.60. The molecule has 0 aliphatic rings. The van der Waals surface area contributed by atoms with Crippen LogP contribution in [-0.4, -0.2) is 15.0 Å². The topological polar surface area (TPSA) is 50.1 Å². The average molecular weight is 354 g/mol. The highest BCUT2D eigenvalue weighted by Crippen LogP contribution is 2.24. The Kier molecular flexibility index (Phi) is 6.33. The summed E-state index contributed by atoms with van der Waals surface area (Å²) in [5.74, 6) is 0. The highest BCUT2D eigenvalue weighted by Gasteiger charge is 2.19. The monoisotopic (exact) mass is 353 g/mol. The van der Waals surface area contributed by atoms with Crippen molar-refractivity contribution in [1.82, 2.24) is 4.72 Å². The smallest absolute Gasteiger partial charge is 0.211 e. The molecule has 0 saturated carbocycles. The van der Waals surface area contributed by atoms with Gasteiger partial charge in [-0.2, -0.15) is 4.57 Å². The number of unbranched alkanes of at least 4 members (excludes halogenated alkanes) is 3. The van der Waals surface area contributed by atoms with E-state index in [1.54, 1.807) is 23.5 Å². The third kappa shape index (κ3) is 4.40. The molecule has 4 nitrogen and oxygen atoms in total. The van der Waals surface area contributed by atoms with E-state index in [1.807, 2.05) is 32.2 Å². The Hall–Kier alpha value is -1.24. The Morgan fingerprint density at radius 2 is 2.04 bits per heavy atom. The fourth-order valence-electron chi connectivity index (χ4n) is 2.45. The first-order valence-corrected chi connectivity index (χ1v) is 10.3. The number of rotatable bonds is 8. The van der Waals surface area contributed by atoms with Gasteiger partial charge in [0.2, 0.25) is 15.5 Å². The molecule has 0 radical (unpaired) electrons. The zero-order valence-corrected chi connectivity index (χ0v) is 15.6. The van der Waals surface area contributed by atoms with Gasteiger partial charge in [0.15, 0.2) is 0 Å². The fraction of sp³-hybridized carbons (Fsp3) is 0.471. The number of benzene rings is 1. The lowest BCUT2D eigenvalue weighted by Gasteiger charge is -2.06. The van der Waals surface area contributed by atoms with Crippen LogP contribution in [0.4, 0.5) is 0 Å². The Balaban J connectivity index is 2.19. The lowest BCUT2D eigenvalue weighted by molar-refractivity contribution is -0.642. The molecule has 0 saturated heterocycles. The van der Waals surface area contributed by atoms with Gasteiger partial charge in [-0.3, -0.25) is 0 Å². The van der Waals surface area contributed by atoms with Crippen molar-refractivity contribution >= 4 is 37.7 Å². The zero-order valence-electron chi connectivity index (χ0n) is 14.0. The molecule has 2 aromatic rings. The van der Waals surface area contributed by atoms with Crippen LogP contribution >= 0.6 is 11.3 Å². The standard InChI is InChI=1S/C17H25N2O2S2/c1-4-6-7-8-12-18-23(20,21)14-10-11-15-16(13-14)22-17(9-5-2)19(15)3/h5,9-11,13,18H,4,6-8,12H2,1-3H3/q+1. The van der Waals surface area contributed by atoms with Crippen LogP contribution in [0.15, 0.2) is 29.2 Å². The molecule has 1 heterocycles. The minimum absolute atomic E-state index is 0.342. The van der Waals surface area contributed by atoms with Crippen LogP contribution in [0.25, 0.3) is 16.3 Å². The van der Waals surface area contributed by atoms with Crippen LogP contribution < -0.4 is 9.29 Å². The summed E-state index contributed by atoms with van der Waals surface area (Å²) in [5, 5.41) is 1.10. The minimum Gasteiger partial charge on any atom is -0.211 e. The molecule has 0 aliphatic carbocycles. The maximum Gasteiger partial charge on any atom is 0.262 e. The third-order valence-corrected chi connectivity index (χ3v) is 6.40. The predicted molar refractivity (Wildman–Crippen MR) is 97.0 cm³/mol. The van der Waals surface area contributed by atoms with Crippen LogP contribution in [0.2, 0.25) is 0 Å². The molecule has 1 N–H and O–H groups in total. The van der Waals surface area contributed by atoms with Crippen LogP contribution in [0.3, 0.4) is 0 Å². The maximum absolute atomic E-state index is 12.4. The Bertz CT molecular complexity index is 792. The van der Waals surface area contributed by atoms with Gasteiger partial charge >= 0.3 is 0 Å². The number of aromatic nitrogens is 1. The number of fused-ring (bicyclic) bond motifs is 1. The molecule has 23 heavy (non-hydrogen) atoms. The van der Waals surface area contributed by atoms with Crippen LogP contribution in [0, 0.1) is 0 Å². The first-order valence-electron chi connectivity index (χ1n) is 8.04. The lowest BCUT2D eigenvalue weighted by Crippen LogP contribution is -2.29. The summed E-state index contributed by atoms with van der Waals surface area (Å²) in [5.41, 5.74) is 1.05. The molecule has 1 aromatic carbocycles. The third-order valence-electron chi connectivity index (χ3n) is 3.78. The molecule has 0 fully saturated rings. The highest BCUT2D eigenvalue weighted by molar-refractivity contribution is 7.89. The van der Waals surface area contributed by atoms with Gasteiger partial charge in [-0.25, -0.2) is 13.1 Å². The van der Waals surface area contributed by atoms with E-state index in [4.69, 9.17) is 0 Å². The SMILES string of the molecule is CC=Cc1sc2cc(S(=O)(=O)NCCCCCC)ccc2[n+]1C. The van der Waals surface area contributed by atoms with Gasteiger partial charge in [-0.1, -0.05) is 43.6 Å². The van der Waals surface area contributed by atoms with Crippen molar-refractivity contribution in [2.75, 3.05) is 6.54 Å². The van der Waals surface area contributed by atoms with E-state index >= 15 is 0 Å². The number of aryl methyl sites for hydroxylation is 1. The number of hydrogen-bond acceptors (Lipinski definition) is 3. The molecule has 1 aromatic heterocycles. The van der Waals surface area contributed by atoms with Gasteiger partial charge in [0.1, 0.15) is 11.7 Å². The minimum atomic E-state index is -3.43. The first kappa shape index (κ1) is 18.1. The number of sulfonamides is 1. The average Bonchev–Trinajstić information content (AvgIpc) is 2.83. The van der Waals surface area contributed by atoms with E-state index in [2.05, 4.69) is 16.2 Å². The molecular formula is C17H25N2O2S2+. The number of allylic oxidation sites excluding steroid dienone is 1. The van der Waals surface area contributed by atoms with E-state index in [-0.39, 0.29) is 0 Å². The number of thiazole rings is 1. The molecule has 0 atom stereocenters. The molecule has 0 spiro atoms. The Morgan fingerprint density at radius 1 is 1.26 bits per heavy atom. The van der Waals surface area contributed by atoms with E-state index < -0.39 is 10.0 Å². The summed E-state index contributed by atoms with van der Waals surface area (Å²) in [7, 11) is -1.43. The summed E-state index contributed by atoms with van der Waals surface area (Å²) in [6, 6.07) is 5.33. The van der Waals surface area contributed by atoms with E-state index in [0.29, 0.717) is 11.4 Å². The molecule has 0 unspecified atom stereocenters. The molecule has 126 valence electrons. The quantitative estimate of drug-likeness (QED) is 0.582. The van der Waals surface area contributed by atoms with Crippen LogP contribution in [0.5, 0.6) is 0 Å². The van der Waals surface area contributed by atoms with Crippen LogP contribution in [0.1, 0.15) is 44.5 Å². The highest BCUT2D eigenvalue weighted by atomic mass is 32.2. The summed E-state index contributed by atoms with van der Waals surface area (Å²) in [6.07, 6.45) is 8.26. The Labute approximate surface area is 142 Å². The molecular weight excluding hydrogens is 328 g/mol. The summed E-state index contributed by atoms with van der Waals surface area (Å²) in [6.45, 7) is 4.62. The van der Waals surface area contributed by atoms with Gasteiger partial charge in [0, 0.05) is 18.7 Å². The van der Waals surface area contributed by atoms with E-state index in [9.17, 15) is 8.42 Å². The molecule has 2 rings (SSSR count). The normalized spacial score (nSPS) is 12.5. The number of hydrogen-bond donors (Lipinski definition) is 1. The van der Waals surface area contributed by atoms with Crippen molar-refractivity contribution in [3.05, 3.63) is 29.3 Å². The summed E-state index contributed by atoms with van der Waals surface area (Å²) < 4.78 is 30.6. The second kappa shape index (κ2) is 8.04. The second-order valence-corrected chi connectivity index (χ2v) is 8.42. The maximum atomic E-state index is 12.4. The van der Waals surface area contributed by atoms with Crippen molar-refractivity contribution in [3.8, 4) is 0 Å². The van der Waals surface area contributed by atoms with Gasteiger partial charge in [0.05, 0.1) is 4.90 Å². The fourth-order valence-corrected chi connectivity index (χ4v) is 4.79. The largest absolute Gasteiger partial charge is 0.262 e. The van der Waals surface area contributed by atoms with Crippen molar-refractivity contribution in [2.24, 2.45) is 7.05 Å². The van der Waals surface area contributed by atoms with Crippen molar-refractivity contribution in [3.63, 3.8) is 0 Å². The van der Waals surface area contributed by atoms with Gasteiger partial charge < -0.3 is 0 Å². The van der Waals surface area contributed by atoms with Gasteiger partial charge in [-0.15, -0.1) is 0 Å². The molecule has 0 bridgehead atoms. The van der Waals surface area contributed by atoms with Crippen molar-refractivity contribution in [2.45, 2.75) is 44.4 Å². The van der Waals surface area contributed by atoms with E-state index in [0.717, 1.165) is 40.9 Å². The first-order chi connectivity index (χ1) is 11.0. The molecule has 6 heteroatoms. The molecule has 0 amide bonds. The van der Waals surface area contributed by atoms with E-state index in [1.165, 1.54) is 0 Å². The van der Waals surface area contributed by atoms with Crippen molar-refractivity contribution < 1.29 is 13.0 Å². The number of nitrogens with one attached hydrogen (secondary N) is 1. The van der Waals surface area contributed by atoms with Gasteiger partial charge in [0.25, 0.3) is 5.01 Å². The summed E-state index contributed by atoms with van der Waals surface area (Å²) in [4.78, 5) is 0.342. The van der Waals surface area contributed by atoms with Crippen molar-refractivity contribution in [1.29, 1.82) is 0 Å². The number of nitrogens with zero attached hydrogens (tertiary/aromatic N) is 1. The second-order valence-electron chi connectivity index (χ2n) is 5.59. The predicted octanol–water partition coefficient (Wildman–Crippen LogP) is 3.62.